The lowest BCUT2D eigenvalue weighted by molar-refractivity contribution is 0.669. The average molecular weight is 995 g/mol. The second-order valence-corrected chi connectivity index (χ2v) is 20.3. The van der Waals surface area contributed by atoms with Crippen molar-refractivity contribution in [3.63, 3.8) is 0 Å². The number of hydrogen-bond donors (Lipinski definition) is 0. The van der Waals surface area contributed by atoms with Crippen LogP contribution in [-0.2, 0) is 0 Å². The van der Waals surface area contributed by atoms with E-state index in [9.17, 15) is 0 Å². The summed E-state index contributed by atoms with van der Waals surface area (Å²) < 4.78 is 13.9. The van der Waals surface area contributed by atoms with E-state index in [0.717, 1.165) is 122 Å². The molecule has 0 spiro atoms. The molecule has 4 nitrogen and oxygen atoms in total. The van der Waals surface area contributed by atoms with Crippen LogP contribution in [0, 0.1) is 0 Å². The van der Waals surface area contributed by atoms with E-state index in [4.69, 9.17) is 8.83 Å². The van der Waals surface area contributed by atoms with Gasteiger partial charge in [0.1, 0.15) is 16.7 Å². The van der Waals surface area contributed by atoms with Crippen LogP contribution in [0.5, 0.6) is 0 Å². The molecule has 2 heterocycles. The zero-order valence-electron chi connectivity index (χ0n) is 42.3. The fraction of sp³-hybridized carbons (Fsp3) is 0. The second-order valence-electron chi connectivity index (χ2n) is 20.3. The van der Waals surface area contributed by atoms with Gasteiger partial charge in [0, 0.05) is 55.4 Å². The van der Waals surface area contributed by atoms with Crippen molar-refractivity contribution < 1.29 is 8.83 Å². The summed E-state index contributed by atoms with van der Waals surface area (Å²) in [6.07, 6.45) is 0. The topological polar surface area (TPSA) is 32.8 Å². The maximum Gasteiger partial charge on any atom is 0.160 e. The van der Waals surface area contributed by atoms with Crippen molar-refractivity contribution in [2.24, 2.45) is 0 Å². The molecule has 0 radical (unpaired) electrons. The molecule has 0 unspecified atom stereocenters. The third-order valence-corrected chi connectivity index (χ3v) is 16.0. The van der Waals surface area contributed by atoms with Crippen LogP contribution >= 0.6 is 0 Å². The molecule has 0 saturated heterocycles. The van der Waals surface area contributed by atoms with E-state index in [2.05, 4.69) is 289 Å². The molecule has 0 N–H and O–H groups in total. The first-order valence-corrected chi connectivity index (χ1v) is 26.6. The van der Waals surface area contributed by atoms with E-state index < -0.39 is 0 Å². The number of rotatable bonds is 8. The van der Waals surface area contributed by atoms with E-state index in [-0.39, 0.29) is 0 Å². The predicted molar refractivity (Wildman–Crippen MR) is 329 cm³/mol. The summed E-state index contributed by atoms with van der Waals surface area (Å²) in [6, 6.07) is 101. The Morgan fingerprint density at radius 3 is 1.35 bits per heavy atom. The third-order valence-electron chi connectivity index (χ3n) is 16.0. The fourth-order valence-electron chi connectivity index (χ4n) is 12.5. The maximum absolute atomic E-state index is 7.07. The SMILES string of the molecule is c1ccc(-c2ccc(N(c3ccc(-c4ccc(N(c5ccccc5)c5cc6ccccc6c6c5oc5ccc7ccccc7c56)c5ccccc45)cc3)c3cc4oc5ccc6ccccc6c5c4c4ccccc34)cc2)cc1. The van der Waals surface area contributed by atoms with Gasteiger partial charge in [-0.2, -0.15) is 0 Å². The Morgan fingerprint density at radius 1 is 0.231 bits per heavy atom. The summed E-state index contributed by atoms with van der Waals surface area (Å²) in [5.74, 6) is 0. The molecule has 16 aromatic rings. The lowest BCUT2D eigenvalue weighted by Gasteiger charge is -2.28. The Morgan fingerprint density at radius 2 is 0.692 bits per heavy atom. The van der Waals surface area contributed by atoms with Gasteiger partial charge in [0.15, 0.2) is 5.58 Å². The van der Waals surface area contributed by atoms with Gasteiger partial charge in [0.25, 0.3) is 0 Å². The minimum atomic E-state index is 0.854. The predicted octanol–water partition coefficient (Wildman–Crippen LogP) is 21.5. The number of benzene rings is 14. The van der Waals surface area contributed by atoms with Crippen LogP contribution in [0.3, 0.4) is 0 Å². The molecule has 0 saturated carbocycles. The Balaban J connectivity index is 0.865. The van der Waals surface area contributed by atoms with E-state index in [1.807, 2.05) is 0 Å². The summed E-state index contributed by atoms with van der Waals surface area (Å²) >= 11 is 0. The first-order valence-electron chi connectivity index (χ1n) is 26.6. The van der Waals surface area contributed by atoms with Crippen LogP contribution < -0.4 is 9.80 Å². The highest BCUT2D eigenvalue weighted by atomic mass is 16.3. The number of hydrogen-bond acceptors (Lipinski definition) is 4. The van der Waals surface area contributed by atoms with Gasteiger partial charge in [-0.25, -0.2) is 0 Å². The van der Waals surface area contributed by atoms with Crippen molar-refractivity contribution in [2.75, 3.05) is 9.80 Å². The molecule has 364 valence electrons. The number of para-hydroxylation sites is 1. The standard InChI is InChI=1S/C74H46N2O2/c1-3-17-47(18-4-1)48-31-37-54(38-32-48)75(65-46-69-72(63-30-16-15-29-62(63)65)70-57-24-10-7-19-49(57)35-43-67(70)77-69)55-39-33-51(34-40-55)56-41-42-64(61-28-14-13-27-60(56)61)76(53-22-5-2-6-23-53)66-45-52-21-9-12-26-59(52)73-71-58-25-11-8-20-50(58)36-44-68(71)78-74(66)73/h1-46H. The molecule has 0 aliphatic carbocycles. The quantitative estimate of drug-likeness (QED) is 0.152. The average Bonchev–Trinajstić information content (AvgIpc) is 4.17. The van der Waals surface area contributed by atoms with Crippen molar-refractivity contribution in [1.29, 1.82) is 0 Å². The van der Waals surface area contributed by atoms with Gasteiger partial charge in [-0.05, 0) is 126 Å². The first kappa shape index (κ1) is 43.9. The summed E-state index contributed by atoms with van der Waals surface area (Å²) in [5.41, 5.74) is 14.3. The summed E-state index contributed by atoms with van der Waals surface area (Å²) in [7, 11) is 0. The molecule has 0 aliphatic heterocycles. The Bertz CT molecular complexity index is 5020. The van der Waals surface area contributed by atoms with Gasteiger partial charge in [0.2, 0.25) is 0 Å². The van der Waals surface area contributed by atoms with Crippen LogP contribution in [-0.4, -0.2) is 0 Å². The molecule has 0 aliphatic rings. The van der Waals surface area contributed by atoms with Crippen molar-refractivity contribution in [1.82, 2.24) is 0 Å². The molecule has 78 heavy (non-hydrogen) atoms. The van der Waals surface area contributed by atoms with Gasteiger partial charge in [-0.1, -0.05) is 212 Å². The van der Waals surface area contributed by atoms with E-state index in [1.54, 1.807) is 0 Å². The van der Waals surface area contributed by atoms with Crippen LogP contribution in [0.25, 0.3) is 120 Å². The maximum atomic E-state index is 7.07. The Kier molecular flexibility index (Phi) is 9.91. The van der Waals surface area contributed by atoms with E-state index in [0.29, 0.717) is 0 Å². The van der Waals surface area contributed by atoms with E-state index >= 15 is 0 Å². The van der Waals surface area contributed by atoms with Gasteiger partial charge >= 0.3 is 0 Å². The van der Waals surface area contributed by atoms with Gasteiger partial charge in [-0.15, -0.1) is 0 Å². The molecule has 0 bridgehead atoms. The van der Waals surface area contributed by atoms with Crippen LogP contribution in [0.2, 0.25) is 0 Å². The monoisotopic (exact) mass is 994 g/mol. The summed E-state index contributed by atoms with van der Waals surface area (Å²) in [5, 5.41) is 16.2. The van der Waals surface area contributed by atoms with Crippen molar-refractivity contribution >= 4 is 132 Å². The number of anilines is 6. The van der Waals surface area contributed by atoms with Crippen LogP contribution in [0.1, 0.15) is 0 Å². The van der Waals surface area contributed by atoms with Crippen molar-refractivity contribution in [3.8, 4) is 22.3 Å². The molecule has 4 heteroatoms. The van der Waals surface area contributed by atoms with E-state index in [1.165, 1.54) is 32.5 Å². The highest BCUT2D eigenvalue weighted by Gasteiger charge is 2.26. The van der Waals surface area contributed by atoms with Crippen LogP contribution in [0.15, 0.2) is 288 Å². The Hall–Kier alpha value is -10.4. The molecule has 0 amide bonds. The smallest absolute Gasteiger partial charge is 0.160 e. The normalized spacial score (nSPS) is 11.8. The molecule has 14 aromatic carbocycles. The van der Waals surface area contributed by atoms with Gasteiger partial charge in [-0.3, -0.25) is 0 Å². The fourth-order valence-corrected chi connectivity index (χ4v) is 12.5. The van der Waals surface area contributed by atoms with Crippen LogP contribution in [0.4, 0.5) is 34.1 Å². The zero-order valence-corrected chi connectivity index (χ0v) is 42.3. The molecule has 0 atom stereocenters. The zero-order chi connectivity index (χ0) is 51.3. The number of nitrogens with zero attached hydrogens (tertiary/aromatic N) is 2. The van der Waals surface area contributed by atoms with Gasteiger partial charge in [0.05, 0.1) is 17.1 Å². The minimum absolute atomic E-state index is 0.854. The van der Waals surface area contributed by atoms with Gasteiger partial charge < -0.3 is 18.6 Å². The number of furan rings is 2. The third kappa shape index (κ3) is 6.87. The lowest BCUT2D eigenvalue weighted by Crippen LogP contribution is -2.11. The molecule has 0 fully saturated rings. The highest BCUT2D eigenvalue weighted by molar-refractivity contribution is 6.30. The minimum Gasteiger partial charge on any atom is -0.456 e. The second kappa shape index (κ2) is 17.6. The summed E-state index contributed by atoms with van der Waals surface area (Å²) in [6.45, 7) is 0. The number of fused-ring (bicyclic) bond motifs is 15. The molecule has 2 aromatic heterocycles. The largest absolute Gasteiger partial charge is 0.456 e. The first-order chi connectivity index (χ1) is 38.7. The van der Waals surface area contributed by atoms with Crippen molar-refractivity contribution in [3.05, 3.63) is 279 Å². The Labute approximate surface area is 449 Å². The molecule has 16 rings (SSSR count). The van der Waals surface area contributed by atoms with Crippen molar-refractivity contribution in [2.45, 2.75) is 0 Å². The highest BCUT2D eigenvalue weighted by Crippen LogP contribution is 2.51. The summed E-state index contributed by atoms with van der Waals surface area (Å²) in [4.78, 5) is 4.77. The molecular weight excluding hydrogens is 949 g/mol. The molecular formula is C74H46N2O2. The lowest BCUT2D eigenvalue weighted by atomic mass is 9.95.